The Morgan fingerprint density at radius 2 is 2.17 bits per heavy atom. The Kier molecular flexibility index (Phi) is 4.10. The third-order valence-electron chi connectivity index (χ3n) is 4.37. The van der Waals surface area contributed by atoms with Gasteiger partial charge in [-0.3, -0.25) is 4.79 Å². The Morgan fingerprint density at radius 3 is 2.72 bits per heavy atom. The largest absolute Gasteiger partial charge is 0.396 e. The van der Waals surface area contributed by atoms with Gasteiger partial charge in [-0.25, -0.2) is 0 Å². The Bertz CT molecular complexity index is 335. The number of carbonyl (C=O) groups is 1. The van der Waals surface area contributed by atoms with E-state index >= 15 is 0 Å². The lowest BCUT2D eigenvalue weighted by atomic mass is 9.87. The van der Waals surface area contributed by atoms with Crippen molar-refractivity contribution in [3.63, 3.8) is 0 Å². The number of carbonyl (C=O) groups excluding carboxylic acids is 1. The van der Waals surface area contributed by atoms with E-state index in [2.05, 4.69) is 31.3 Å². The van der Waals surface area contributed by atoms with Crippen molar-refractivity contribution in [1.82, 2.24) is 5.32 Å². The summed E-state index contributed by atoms with van der Waals surface area (Å²) in [4.78, 5) is 12.2. The fourth-order valence-corrected chi connectivity index (χ4v) is 3.19. The topological polar surface area (TPSA) is 49.3 Å². The lowest BCUT2D eigenvalue weighted by Crippen LogP contribution is -2.39. The molecule has 3 unspecified atom stereocenters. The molecule has 2 aliphatic rings. The highest BCUT2D eigenvalue weighted by Gasteiger charge is 2.39. The first-order valence-electron chi connectivity index (χ1n) is 7.09. The van der Waals surface area contributed by atoms with Crippen molar-refractivity contribution in [2.45, 2.75) is 39.5 Å². The minimum Gasteiger partial charge on any atom is -0.396 e. The van der Waals surface area contributed by atoms with E-state index in [1.54, 1.807) is 0 Å². The molecular formula is C15H25NO2. The van der Waals surface area contributed by atoms with Crippen LogP contribution in [0.5, 0.6) is 0 Å². The van der Waals surface area contributed by atoms with E-state index in [4.69, 9.17) is 5.11 Å². The van der Waals surface area contributed by atoms with Crippen LogP contribution >= 0.6 is 0 Å². The van der Waals surface area contributed by atoms with Gasteiger partial charge in [0, 0.05) is 19.1 Å². The number of fused-ring (bicyclic) bond motifs is 2. The zero-order valence-corrected chi connectivity index (χ0v) is 11.5. The van der Waals surface area contributed by atoms with Crippen LogP contribution in [0.4, 0.5) is 0 Å². The van der Waals surface area contributed by atoms with Crippen molar-refractivity contribution >= 4 is 5.91 Å². The molecule has 2 N–H and O–H groups in total. The van der Waals surface area contributed by atoms with E-state index < -0.39 is 0 Å². The third kappa shape index (κ3) is 3.14. The standard InChI is InChI=1S/C15H25NO2/c1-15(2,6-3-7-17)10-16-14(18)13-9-11-4-5-12(13)8-11/h4-5,11-13,17H,3,6-10H2,1-2H3,(H,16,18). The number of aliphatic hydroxyl groups is 1. The number of hydrogen-bond acceptors (Lipinski definition) is 2. The van der Waals surface area contributed by atoms with Crippen LogP contribution in [0, 0.1) is 23.2 Å². The summed E-state index contributed by atoms with van der Waals surface area (Å²) in [6.07, 6.45) is 8.44. The lowest BCUT2D eigenvalue weighted by Gasteiger charge is -2.26. The highest BCUT2D eigenvalue weighted by Crippen LogP contribution is 2.43. The van der Waals surface area contributed by atoms with Gasteiger partial charge in [0.2, 0.25) is 5.91 Å². The molecule has 0 aromatic carbocycles. The molecule has 18 heavy (non-hydrogen) atoms. The molecule has 2 aliphatic carbocycles. The zero-order valence-electron chi connectivity index (χ0n) is 11.5. The molecule has 3 heteroatoms. The molecule has 0 radical (unpaired) electrons. The van der Waals surface area contributed by atoms with Gasteiger partial charge < -0.3 is 10.4 Å². The Labute approximate surface area is 110 Å². The lowest BCUT2D eigenvalue weighted by molar-refractivity contribution is -0.126. The molecule has 102 valence electrons. The Morgan fingerprint density at radius 1 is 1.39 bits per heavy atom. The fourth-order valence-electron chi connectivity index (χ4n) is 3.19. The van der Waals surface area contributed by atoms with Gasteiger partial charge in [0.05, 0.1) is 0 Å². The average Bonchev–Trinajstić information content (AvgIpc) is 2.96. The van der Waals surface area contributed by atoms with Crippen molar-refractivity contribution in [3.8, 4) is 0 Å². The van der Waals surface area contributed by atoms with Gasteiger partial charge in [-0.05, 0) is 42.9 Å². The van der Waals surface area contributed by atoms with E-state index in [0.717, 1.165) is 19.3 Å². The van der Waals surface area contributed by atoms with Gasteiger partial charge in [0.1, 0.15) is 0 Å². The molecular weight excluding hydrogens is 226 g/mol. The van der Waals surface area contributed by atoms with Crippen molar-refractivity contribution in [2.75, 3.05) is 13.2 Å². The number of hydrogen-bond donors (Lipinski definition) is 2. The van der Waals surface area contributed by atoms with Gasteiger partial charge in [0.15, 0.2) is 0 Å². The van der Waals surface area contributed by atoms with Crippen LogP contribution in [0.25, 0.3) is 0 Å². The van der Waals surface area contributed by atoms with Crippen LogP contribution in [-0.4, -0.2) is 24.2 Å². The third-order valence-corrected chi connectivity index (χ3v) is 4.37. The summed E-state index contributed by atoms with van der Waals surface area (Å²) in [5.41, 5.74) is 0.0752. The molecule has 0 aromatic heterocycles. The highest BCUT2D eigenvalue weighted by atomic mass is 16.2. The number of rotatable bonds is 6. The van der Waals surface area contributed by atoms with Crippen molar-refractivity contribution in [3.05, 3.63) is 12.2 Å². The predicted molar refractivity (Wildman–Crippen MR) is 72.0 cm³/mol. The monoisotopic (exact) mass is 251 g/mol. The second-order valence-electron chi connectivity index (χ2n) is 6.60. The molecule has 2 bridgehead atoms. The Balaban J connectivity index is 1.76. The molecule has 0 aliphatic heterocycles. The van der Waals surface area contributed by atoms with Crippen LogP contribution in [0.1, 0.15) is 39.5 Å². The second kappa shape index (κ2) is 5.43. The van der Waals surface area contributed by atoms with Crippen molar-refractivity contribution in [2.24, 2.45) is 23.2 Å². The quantitative estimate of drug-likeness (QED) is 0.710. The predicted octanol–water partition coefficient (Wildman–Crippen LogP) is 2.11. The van der Waals surface area contributed by atoms with Crippen LogP contribution in [0.15, 0.2) is 12.2 Å². The second-order valence-corrected chi connectivity index (χ2v) is 6.60. The molecule has 1 amide bonds. The normalized spacial score (nSPS) is 29.8. The average molecular weight is 251 g/mol. The number of aliphatic hydroxyl groups excluding tert-OH is 1. The fraction of sp³-hybridized carbons (Fsp3) is 0.800. The first kappa shape index (κ1) is 13.6. The summed E-state index contributed by atoms with van der Waals surface area (Å²) in [6, 6.07) is 0. The van der Waals surface area contributed by atoms with Crippen molar-refractivity contribution < 1.29 is 9.90 Å². The number of nitrogens with one attached hydrogen (secondary N) is 1. The van der Waals surface area contributed by atoms with E-state index in [1.165, 1.54) is 6.42 Å². The maximum atomic E-state index is 12.2. The van der Waals surface area contributed by atoms with E-state index in [0.29, 0.717) is 18.4 Å². The van der Waals surface area contributed by atoms with Crippen LogP contribution in [0.3, 0.4) is 0 Å². The molecule has 3 atom stereocenters. The maximum absolute atomic E-state index is 12.2. The first-order valence-corrected chi connectivity index (χ1v) is 7.09. The first-order chi connectivity index (χ1) is 8.52. The van der Waals surface area contributed by atoms with E-state index in [1.807, 2.05) is 0 Å². The maximum Gasteiger partial charge on any atom is 0.223 e. The molecule has 0 aromatic rings. The van der Waals surface area contributed by atoms with Gasteiger partial charge >= 0.3 is 0 Å². The Hall–Kier alpha value is -0.830. The molecule has 3 nitrogen and oxygen atoms in total. The number of amides is 1. The van der Waals surface area contributed by atoms with Gasteiger partial charge in [-0.15, -0.1) is 0 Å². The van der Waals surface area contributed by atoms with Crippen LogP contribution in [0.2, 0.25) is 0 Å². The summed E-state index contributed by atoms with van der Waals surface area (Å²) < 4.78 is 0. The summed E-state index contributed by atoms with van der Waals surface area (Å²) in [7, 11) is 0. The molecule has 2 rings (SSSR count). The minimum atomic E-state index is 0.0752. The minimum absolute atomic E-state index is 0.0752. The molecule has 0 spiro atoms. The number of allylic oxidation sites excluding steroid dienone is 2. The summed E-state index contributed by atoms with van der Waals surface area (Å²) >= 11 is 0. The molecule has 0 saturated heterocycles. The van der Waals surface area contributed by atoms with Crippen LogP contribution in [-0.2, 0) is 4.79 Å². The van der Waals surface area contributed by atoms with Gasteiger partial charge in [0.25, 0.3) is 0 Å². The SMILES string of the molecule is CC(C)(CCCO)CNC(=O)C1CC2C=CC1C2. The smallest absolute Gasteiger partial charge is 0.223 e. The van der Waals surface area contributed by atoms with Gasteiger partial charge in [-0.2, -0.15) is 0 Å². The summed E-state index contributed by atoms with van der Waals surface area (Å²) in [6.45, 7) is 5.23. The molecule has 0 heterocycles. The summed E-state index contributed by atoms with van der Waals surface area (Å²) in [5.74, 6) is 1.56. The highest BCUT2D eigenvalue weighted by molar-refractivity contribution is 5.80. The molecule has 1 fully saturated rings. The van der Waals surface area contributed by atoms with Crippen LogP contribution < -0.4 is 5.32 Å². The van der Waals surface area contributed by atoms with E-state index in [9.17, 15) is 4.79 Å². The van der Waals surface area contributed by atoms with Gasteiger partial charge in [-0.1, -0.05) is 26.0 Å². The summed E-state index contributed by atoms with van der Waals surface area (Å²) in [5, 5.41) is 12.0. The molecule has 1 saturated carbocycles. The van der Waals surface area contributed by atoms with E-state index in [-0.39, 0.29) is 23.8 Å². The zero-order chi connectivity index (χ0) is 13.2. The van der Waals surface area contributed by atoms with Crippen molar-refractivity contribution in [1.29, 1.82) is 0 Å².